The highest BCUT2D eigenvalue weighted by Crippen LogP contribution is 2.08. The molecule has 0 unspecified atom stereocenters. The maximum atomic E-state index is 11.3. The number of amides is 2. The zero-order chi connectivity index (χ0) is 12.9. The third kappa shape index (κ3) is 5.23. The monoisotopic (exact) mass is 230 g/mol. The van der Waals surface area contributed by atoms with E-state index in [0.717, 1.165) is 0 Å². The number of carbonyl (C=O) groups is 2. The van der Waals surface area contributed by atoms with Gasteiger partial charge in [0.05, 0.1) is 0 Å². The van der Waals surface area contributed by atoms with Crippen LogP contribution < -0.4 is 5.43 Å². The number of hydrazine groups is 1. The molecule has 0 saturated carbocycles. The second-order valence-corrected chi connectivity index (χ2v) is 4.15. The van der Waals surface area contributed by atoms with Crippen LogP contribution in [0.2, 0.25) is 0 Å². The molecule has 2 amide bonds. The van der Waals surface area contributed by atoms with Crippen LogP contribution in [0.5, 0.6) is 0 Å². The summed E-state index contributed by atoms with van der Waals surface area (Å²) in [5, 5.41) is 9.46. The minimum absolute atomic E-state index is 0.262. The minimum Gasteiger partial charge on any atom is -0.463 e. The lowest BCUT2D eigenvalue weighted by Gasteiger charge is -2.24. The quantitative estimate of drug-likeness (QED) is 0.713. The van der Waals surface area contributed by atoms with E-state index >= 15 is 0 Å². The van der Waals surface area contributed by atoms with E-state index in [1.165, 1.54) is 0 Å². The lowest BCUT2D eigenvalue weighted by atomic mass is 10.2. The maximum Gasteiger partial charge on any atom is 0.430 e. The molecule has 6 nitrogen and oxygen atoms in total. The van der Waals surface area contributed by atoms with Crippen LogP contribution in [0.25, 0.3) is 0 Å². The van der Waals surface area contributed by atoms with Crippen molar-refractivity contribution >= 4 is 12.2 Å². The molecule has 6 heteroatoms. The summed E-state index contributed by atoms with van der Waals surface area (Å²) >= 11 is 0. The molecular weight excluding hydrogens is 212 g/mol. The van der Waals surface area contributed by atoms with Gasteiger partial charge in [0.15, 0.2) is 0 Å². The fourth-order valence-electron chi connectivity index (χ4n) is 0.812. The van der Waals surface area contributed by atoms with Gasteiger partial charge in [-0.3, -0.25) is 0 Å². The average Bonchev–Trinajstić information content (AvgIpc) is 2.09. The van der Waals surface area contributed by atoms with Crippen molar-refractivity contribution in [1.82, 2.24) is 10.4 Å². The smallest absolute Gasteiger partial charge is 0.430 e. The molecule has 0 rings (SSSR count). The van der Waals surface area contributed by atoms with E-state index in [9.17, 15) is 9.59 Å². The second kappa shape index (κ2) is 5.39. The van der Waals surface area contributed by atoms with Crippen LogP contribution in [0, 0.1) is 0 Å². The molecule has 0 bridgehead atoms. The third-order valence-corrected chi connectivity index (χ3v) is 1.52. The molecule has 0 saturated heterocycles. The Hall–Kier alpha value is -1.72. The zero-order valence-corrected chi connectivity index (χ0v) is 10.0. The Labute approximate surface area is 94.8 Å². The first-order valence-electron chi connectivity index (χ1n) is 4.88. The lowest BCUT2D eigenvalue weighted by molar-refractivity contribution is 0.0374. The maximum absolute atomic E-state index is 11.3. The van der Waals surface area contributed by atoms with Gasteiger partial charge in [0.1, 0.15) is 5.60 Å². The highest BCUT2D eigenvalue weighted by Gasteiger charge is 2.21. The SMILES string of the molecule is C=C(CC)N(NC(=O)OC(C)(C)C)C(=O)O. The van der Waals surface area contributed by atoms with Gasteiger partial charge < -0.3 is 9.84 Å². The van der Waals surface area contributed by atoms with Crippen molar-refractivity contribution in [3.8, 4) is 0 Å². The van der Waals surface area contributed by atoms with Crippen molar-refractivity contribution < 1.29 is 19.4 Å². The average molecular weight is 230 g/mol. The number of carbonyl (C=O) groups excluding carboxylic acids is 1. The van der Waals surface area contributed by atoms with E-state index in [0.29, 0.717) is 11.4 Å². The highest BCUT2D eigenvalue weighted by atomic mass is 16.6. The van der Waals surface area contributed by atoms with Crippen LogP contribution in [0.4, 0.5) is 9.59 Å². The highest BCUT2D eigenvalue weighted by molar-refractivity contribution is 5.74. The predicted octanol–water partition coefficient (Wildman–Crippen LogP) is 2.33. The van der Waals surface area contributed by atoms with Gasteiger partial charge in [0, 0.05) is 5.70 Å². The van der Waals surface area contributed by atoms with E-state index in [4.69, 9.17) is 9.84 Å². The van der Waals surface area contributed by atoms with Crippen LogP contribution in [0.1, 0.15) is 34.1 Å². The Morgan fingerprint density at radius 3 is 2.25 bits per heavy atom. The van der Waals surface area contributed by atoms with E-state index in [-0.39, 0.29) is 5.70 Å². The number of nitrogens with one attached hydrogen (secondary N) is 1. The Kier molecular flexibility index (Phi) is 4.81. The largest absolute Gasteiger partial charge is 0.463 e. The molecule has 0 heterocycles. The molecule has 0 aromatic rings. The van der Waals surface area contributed by atoms with Crippen molar-refractivity contribution in [2.24, 2.45) is 0 Å². The summed E-state index contributed by atoms with van der Waals surface area (Å²) in [6.45, 7) is 10.3. The summed E-state index contributed by atoms with van der Waals surface area (Å²) in [7, 11) is 0. The first-order valence-corrected chi connectivity index (χ1v) is 4.88. The number of rotatable bonds is 2. The molecular formula is C10H18N2O4. The van der Waals surface area contributed by atoms with E-state index in [1.54, 1.807) is 27.7 Å². The summed E-state index contributed by atoms with van der Waals surface area (Å²) in [6.07, 6.45) is -1.73. The number of ether oxygens (including phenoxy) is 1. The Bertz CT molecular complexity index is 294. The number of hydrogen-bond donors (Lipinski definition) is 2. The van der Waals surface area contributed by atoms with Crippen LogP contribution in [-0.4, -0.2) is 27.9 Å². The molecule has 16 heavy (non-hydrogen) atoms. The Balaban J connectivity index is 4.48. The van der Waals surface area contributed by atoms with Gasteiger partial charge >= 0.3 is 12.2 Å². The molecule has 0 atom stereocenters. The Morgan fingerprint density at radius 2 is 1.94 bits per heavy atom. The molecule has 0 aromatic carbocycles. The molecule has 2 N–H and O–H groups in total. The standard InChI is InChI=1S/C10H18N2O4/c1-6-7(2)12(9(14)15)11-8(13)16-10(3,4)5/h2,6H2,1,3-5H3,(H,11,13)(H,14,15). The number of nitrogens with zero attached hydrogens (tertiary/aromatic N) is 1. The van der Waals surface area contributed by atoms with E-state index in [1.807, 2.05) is 0 Å². The van der Waals surface area contributed by atoms with Crippen molar-refractivity contribution in [3.05, 3.63) is 12.3 Å². The minimum atomic E-state index is -1.31. The lowest BCUT2D eigenvalue weighted by Crippen LogP contribution is -2.46. The molecule has 0 fully saturated rings. The van der Waals surface area contributed by atoms with Crippen LogP contribution in [-0.2, 0) is 4.74 Å². The van der Waals surface area contributed by atoms with Crippen LogP contribution in [0.3, 0.4) is 0 Å². The summed E-state index contributed by atoms with van der Waals surface area (Å²) in [4.78, 5) is 22.1. The molecule has 0 aliphatic rings. The number of allylic oxidation sites excluding steroid dienone is 1. The summed E-state index contributed by atoms with van der Waals surface area (Å²) in [5.41, 5.74) is 1.68. The summed E-state index contributed by atoms with van der Waals surface area (Å²) < 4.78 is 4.92. The van der Waals surface area contributed by atoms with Gasteiger partial charge in [-0.2, -0.15) is 5.01 Å². The van der Waals surface area contributed by atoms with Crippen molar-refractivity contribution in [2.45, 2.75) is 39.7 Å². The predicted molar refractivity (Wildman–Crippen MR) is 58.7 cm³/mol. The third-order valence-electron chi connectivity index (χ3n) is 1.52. The molecule has 0 spiro atoms. The molecule has 0 radical (unpaired) electrons. The molecule has 0 aliphatic heterocycles. The first kappa shape index (κ1) is 14.3. The summed E-state index contributed by atoms with van der Waals surface area (Å²) in [5.74, 6) is 0. The topological polar surface area (TPSA) is 78.9 Å². The van der Waals surface area contributed by atoms with Crippen molar-refractivity contribution in [3.63, 3.8) is 0 Å². The molecule has 0 aromatic heterocycles. The molecule has 92 valence electrons. The van der Waals surface area contributed by atoms with E-state index in [2.05, 4.69) is 12.0 Å². The first-order chi connectivity index (χ1) is 7.17. The van der Waals surface area contributed by atoms with Gasteiger partial charge in [-0.25, -0.2) is 15.0 Å². The number of carboxylic acid groups (broad SMARTS) is 1. The van der Waals surface area contributed by atoms with E-state index < -0.39 is 17.8 Å². The fraction of sp³-hybridized carbons (Fsp3) is 0.600. The normalized spacial score (nSPS) is 10.5. The van der Waals surface area contributed by atoms with Gasteiger partial charge in [-0.1, -0.05) is 13.5 Å². The van der Waals surface area contributed by atoms with Gasteiger partial charge in [0.2, 0.25) is 0 Å². The van der Waals surface area contributed by atoms with Crippen LogP contribution >= 0.6 is 0 Å². The van der Waals surface area contributed by atoms with Gasteiger partial charge in [0.25, 0.3) is 0 Å². The fourth-order valence-corrected chi connectivity index (χ4v) is 0.812. The second-order valence-electron chi connectivity index (χ2n) is 4.15. The number of hydrogen-bond acceptors (Lipinski definition) is 3. The van der Waals surface area contributed by atoms with Crippen molar-refractivity contribution in [1.29, 1.82) is 0 Å². The summed E-state index contributed by atoms with van der Waals surface area (Å²) in [6, 6.07) is 0. The zero-order valence-electron chi connectivity index (χ0n) is 10.0. The van der Waals surface area contributed by atoms with Gasteiger partial charge in [-0.15, -0.1) is 0 Å². The Morgan fingerprint density at radius 1 is 1.44 bits per heavy atom. The van der Waals surface area contributed by atoms with Gasteiger partial charge in [-0.05, 0) is 27.2 Å². The molecule has 0 aliphatic carbocycles. The van der Waals surface area contributed by atoms with Crippen molar-refractivity contribution in [2.75, 3.05) is 0 Å². The van der Waals surface area contributed by atoms with Crippen LogP contribution in [0.15, 0.2) is 12.3 Å².